The van der Waals surface area contributed by atoms with Crippen molar-refractivity contribution >= 4 is 29.3 Å². The average Bonchev–Trinajstić information content (AvgIpc) is 2.64. The second-order valence-corrected chi connectivity index (χ2v) is 6.49. The van der Waals surface area contributed by atoms with Gasteiger partial charge in [0.2, 0.25) is 5.91 Å². The van der Waals surface area contributed by atoms with E-state index in [2.05, 4.69) is 10.6 Å². The molecule has 26 heavy (non-hydrogen) atoms. The van der Waals surface area contributed by atoms with Gasteiger partial charge in [-0.25, -0.2) is 4.39 Å². The number of carbonyl (C=O) groups excluding carboxylic acids is 2. The Bertz CT molecular complexity index is 770. The number of amides is 2. The lowest BCUT2D eigenvalue weighted by molar-refractivity contribution is -0.118. The summed E-state index contributed by atoms with van der Waals surface area (Å²) in [6, 6.07) is 11.7. The molecule has 0 saturated heterocycles. The van der Waals surface area contributed by atoms with Crippen molar-refractivity contribution in [2.75, 3.05) is 24.4 Å². The van der Waals surface area contributed by atoms with Crippen LogP contribution in [0.4, 0.5) is 10.1 Å². The molecule has 0 aliphatic carbocycles. The van der Waals surface area contributed by atoms with Crippen LogP contribution < -0.4 is 15.4 Å². The van der Waals surface area contributed by atoms with Crippen LogP contribution in [0.5, 0.6) is 5.75 Å². The van der Waals surface area contributed by atoms with Gasteiger partial charge in [0.1, 0.15) is 17.6 Å². The van der Waals surface area contributed by atoms with Crippen LogP contribution in [0.2, 0.25) is 0 Å². The maximum atomic E-state index is 13.3. The molecule has 1 unspecified atom stereocenters. The van der Waals surface area contributed by atoms with Gasteiger partial charge in [-0.15, -0.1) is 0 Å². The molecule has 0 spiro atoms. The Morgan fingerprint density at radius 3 is 2.65 bits per heavy atom. The summed E-state index contributed by atoms with van der Waals surface area (Å²) in [6.45, 7) is 0. The summed E-state index contributed by atoms with van der Waals surface area (Å²) in [7, 11) is 1.48. The number of hydrogen-bond donors (Lipinski definition) is 2. The fourth-order valence-electron chi connectivity index (χ4n) is 2.37. The van der Waals surface area contributed by atoms with Crippen LogP contribution >= 0.6 is 11.8 Å². The van der Waals surface area contributed by atoms with Gasteiger partial charge in [0.15, 0.2) is 0 Å². The van der Waals surface area contributed by atoms with Crippen molar-refractivity contribution in [2.45, 2.75) is 12.5 Å². The smallest absolute Gasteiger partial charge is 0.255 e. The van der Waals surface area contributed by atoms with Gasteiger partial charge < -0.3 is 15.4 Å². The van der Waals surface area contributed by atoms with Crippen LogP contribution in [0, 0.1) is 5.82 Å². The number of carbonyl (C=O) groups is 2. The Hall–Kier alpha value is -2.54. The van der Waals surface area contributed by atoms with Crippen molar-refractivity contribution in [1.82, 2.24) is 5.32 Å². The molecule has 0 saturated carbocycles. The largest absolute Gasteiger partial charge is 0.496 e. The Balaban J connectivity index is 2.13. The predicted octanol–water partition coefficient (Wildman–Crippen LogP) is 3.32. The zero-order valence-corrected chi connectivity index (χ0v) is 15.4. The molecule has 1 atom stereocenters. The van der Waals surface area contributed by atoms with Crippen LogP contribution in [-0.4, -0.2) is 37.0 Å². The van der Waals surface area contributed by atoms with Gasteiger partial charge in [-0.3, -0.25) is 9.59 Å². The lowest BCUT2D eigenvalue weighted by Crippen LogP contribution is -2.44. The minimum absolute atomic E-state index is 0.343. The molecule has 7 heteroatoms. The summed E-state index contributed by atoms with van der Waals surface area (Å²) >= 11 is 1.57. The van der Waals surface area contributed by atoms with E-state index in [0.717, 1.165) is 0 Å². The van der Waals surface area contributed by atoms with Gasteiger partial charge in [0.25, 0.3) is 5.91 Å². The number of para-hydroxylation sites is 1. The quantitative estimate of drug-likeness (QED) is 0.742. The fraction of sp³-hybridized carbons (Fsp3) is 0.263. The van der Waals surface area contributed by atoms with E-state index in [0.29, 0.717) is 29.2 Å². The molecule has 2 aromatic rings. The molecular formula is C19H21FN2O3S. The molecular weight excluding hydrogens is 355 g/mol. The zero-order chi connectivity index (χ0) is 18.9. The second kappa shape index (κ2) is 9.82. The second-order valence-electron chi connectivity index (χ2n) is 5.51. The topological polar surface area (TPSA) is 67.4 Å². The lowest BCUT2D eigenvalue weighted by atomic mass is 10.1. The third-order valence-electron chi connectivity index (χ3n) is 3.68. The summed E-state index contributed by atoms with van der Waals surface area (Å²) < 4.78 is 18.5. The van der Waals surface area contributed by atoms with E-state index in [1.54, 1.807) is 42.1 Å². The highest BCUT2D eigenvalue weighted by Gasteiger charge is 2.22. The van der Waals surface area contributed by atoms with Crippen LogP contribution in [-0.2, 0) is 4.79 Å². The van der Waals surface area contributed by atoms with Gasteiger partial charge in [0, 0.05) is 5.69 Å². The highest BCUT2D eigenvalue weighted by Crippen LogP contribution is 2.18. The van der Waals surface area contributed by atoms with Gasteiger partial charge in [-0.2, -0.15) is 11.8 Å². The highest BCUT2D eigenvalue weighted by atomic mass is 32.2. The number of benzene rings is 2. The van der Waals surface area contributed by atoms with E-state index in [-0.39, 0.29) is 0 Å². The Kier molecular flexibility index (Phi) is 7.47. The maximum Gasteiger partial charge on any atom is 0.255 e. The van der Waals surface area contributed by atoms with E-state index in [1.165, 1.54) is 25.3 Å². The van der Waals surface area contributed by atoms with Gasteiger partial charge in [-0.05, 0) is 48.8 Å². The Morgan fingerprint density at radius 2 is 1.96 bits per heavy atom. The highest BCUT2D eigenvalue weighted by molar-refractivity contribution is 7.98. The molecule has 0 radical (unpaired) electrons. The minimum atomic E-state index is -0.747. The van der Waals surface area contributed by atoms with Crippen LogP contribution in [0.15, 0.2) is 48.5 Å². The molecule has 2 rings (SSSR count). The van der Waals surface area contributed by atoms with E-state index >= 15 is 0 Å². The standard InChI is InChI=1S/C19H21FN2O3S/c1-25-17-9-4-3-8-15(17)18(23)22-16(10-11-26-2)19(24)21-14-7-5-6-13(20)12-14/h3-9,12,16H,10-11H2,1-2H3,(H,21,24)(H,22,23). The molecule has 138 valence electrons. The maximum absolute atomic E-state index is 13.3. The number of thioether (sulfide) groups is 1. The van der Waals surface area contributed by atoms with Crippen molar-refractivity contribution in [3.8, 4) is 5.75 Å². The first-order chi connectivity index (χ1) is 12.5. The normalized spacial score (nSPS) is 11.5. The van der Waals surface area contributed by atoms with Crippen LogP contribution in [0.1, 0.15) is 16.8 Å². The predicted molar refractivity (Wildman–Crippen MR) is 102 cm³/mol. The van der Waals surface area contributed by atoms with Gasteiger partial charge >= 0.3 is 0 Å². The molecule has 0 bridgehead atoms. The van der Waals surface area contributed by atoms with E-state index in [9.17, 15) is 14.0 Å². The van der Waals surface area contributed by atoms with Gasteiger partial charge in [0.05, 0.1) is 12.7 Å². The molecule has 2 aromatic carbocycles. The lowest BCUT2D eigenvalue weighted by Gasteiger charge is -2.19. The van der Waals surface area contributed by atoms with Crippen molar-refractivity contribution in [2.24, 2.45) is 0 Å². The molecule has 2 N–H and O–H groups in total. The number of anilines is 1. The first-order valence-electron chi connectivity index (χ1n) is 8.04. The third-order valence-corrected chi connectivity index (χ3v) is 4.32. The minimum Gasteiger partial charge on any atom is -0.496 e. The van der Waals surface area contributed by atoms with Crippen LogP contribution in [0.3, 0.4) is 0 Å². The molecule has 0 fully saturated rings. The summed E-state index contributed by atoms with van der Waals surface area (Å²) in [6.07, 6.45) is 2.37. The molecule has 0 heterocycles. The fourth-order valence-corrected chi connectivity index (χ4v) is 2.84. The van der Waals surface area contributed by atoms with Crippen LogP contribution in [0.25, 0.3) is 0 Å². The van der Waals surface area contributed by atoms with E-state index < -0.39 is 23.7 Å². The number of halogens is 1. The van der Waals surface area contributed by atoms with Crippen molar-refractivity contribution in [1.29, 1.82) is 0 Å². The monoisotopic (exact) mass is 376 g/mol. The molecule has 0 aromatic heterocycles. The zero-order valence-electron chi connectivity index (χ0n) is 14.6. The average molecular weight is 376 g/mol. The third kappa shape index (κ3) is 5.49. The number of hydrogen-bond acceptors (Lipinski definition) is 4. The Labute approximate surface area is 156 Å². The first kappa shape index (κ1) is 19.8. The number of rotatable bonds is 8. The van der Waals surface area contributed by atoms with Crippen molar-refractivity contribution in [3.63, 3.8) is 0 Å². The van der Waals surface area contributed by atoms with E-state index in [1.807, 2.05) is 6.26 Å². The summed E-state index contributed by atoms with van der Waals surface area (Å²) in [5, 5.41) is 5.38. The van der Waals surface area contributed by atoms with E-state index in [4.69, 9.17) is 4.74 Å². The molecule has 0 aliphatic heterocycles. The summed E-state index contributed by atoms with van der Waals surface area (Å²) in [5.74, 6) is -0.121. The number of nitrogens with one attached hydrogen (secondary N) is 2. The van der Waals surface area contributed by atoms with Gasteiger partial charge in [-0.1, -0.05) is 18.2 Å². The number of methoxy groups -OCH3 is 1. The summed E-state index contributed by atoms with van der Waals surface area (Å²) in [4.78, 5) is 25.1. The molecule has 5 nitrogen and oxygen atoms in total. The molecule has 0 aliphatic rings. The Morgan fingerprint density at radius 1 is 1.19 bits per heavy atom. The first-order valence-corrected chi connectivity index (χ1v) is 9.43. The van der Waals surface area contributed by atoms with Crippen molar-refractivity contribution < 1.29 is 18.7 Å². The summed E-state index contributed by atoms with van der Waals surface area (Å²) in [5.41, 5.74) is 0.693. The molecule has 2 amide bonds. The van der Waals surface area contributed by atoms with Crippen molar-refractivity contribution in [3.05, 3.63) is 59.9 Å². The SMILES string of the molecule is COc1ccccc1C(=O)NC(CCSC)C(=O)Nc1cccc(F)c1. The number of ether oxygens (including phenoxy) is 1.